The summed E-state index contributed by atoms with van der Waals surface area (Å²) in [4.78, 5) is 13.0. The fraction of sp³-hybridized carbons (Fsp3) is 0.125. The van der Waals surface area contributed by atoms with E-state index in [0.29, 0.717) is 34.2 Å². The SMILES string of the molecule is COc1ccc(CC2=C(c3ccc4nsnc4c3)C(=O)OC2(O)c2ccccc2)cc1. The molecule has 0 spiro atoms. The number of esters is 1. The summed E-state index contributed by atoms with van der Waals surface area (Å²) in [7, 11) is 1.61. The van der Waals surface area contributed by atoms with Crippen LogP contribution in [0, 0.1) is 0 Å². The molecule has 1 unspecified atom stereocenters. The van der Waals surface area contributed by atoms with Gasteiger partial charge in [0, 0.05) is 17.6 Å². The summed E-state index contributed by atoms with van der Waals surface area (Å²) in [6.45, 7) is 0. The fourth-order valence-corrected chi connectivity index (χ4v) is 4.34. The largest absolute Gasteiger partial charge is 0.497 e. The Morgan fingerprint density at radius 2 is 1.74 bits per heavy atom. The smallest absolute Gasteiger partial charge is 0.342 e. The number of hydrogen-bond acceptors (Lipinski definition) is 7. The second-order valence-electron chi connectivity index (χ2n) is 7.25. The number of carbonyl (C=O) groups is 1. The summed E-state index contributed by atoms with van der Waals surface area (Å²) < 4.78 is 19.3. The van der Waals surface area contributed by atoms with Crippen molar-refractivity contribution >= 4 is 34.3 Å². The number of methoxy groups -OCH3 is 1. The van der Waals surface area contributed by atoms with Gasteiger partial charge in [0.2, 0.25) is 0 Å². The van der Waals surface area contributed by atoms with E-state index in [1.54, 1.807) is 37.4 Å². The minimum Gasteiger partial charge on any atom is -0.497 e. The quantitative estimate of drug-likeness (QED) is 0.480. The number of aromatic nitrogens is 2. The summed E-state index contributed by atoms with van der Waals surface area (Å²) in [5.41, 5.74) is 4.34. The van der Waals surface area contributed by atoms with Gasteiger partial charge in [-0.2, -0.15) is 8.75 Å². The summed E-state index contributed by atoms with van der Waals surface area (Å²) in [6.07, 6.45) is 0.323. The molecule has 1 N–H and O–H groups in total. The van der Waals surface area contributed by atoms with Crippen LogP contribution < -0.4 is 4.74 Å². The van der Waals surface area contributed by atoms with Crippen LogP contribution >= 0.6 is 11.7 Å². The number of cyclic esters (lactones) is 1. The van der Waals surface area contributed by atoms with E-state index in [4.69, 9.17) is 9.47 Å². The van der Waals surface area contributed by atoms with Crippen LogP contribution in [0.4, 0.5) is 0 Å². The van der Waals surface area contributed by atoms with Crippen LogP contribution in [0.25, 0.3) is 16.6 Å². The molecule has 4 aromatic rings. The maximum atomic E-state index is 13.0. The number of fused-ring (bicyclic) bond motifs is 1. The van der Waals surface area contributed by atoms with E-state index < -0.39 is 11.8 Å². The lowest BCUT2D eigenvalue weighted by Crippen LogP contribution is -2.29. The van der Waals surface area contributed by atoms with Crippen LogP contribution in [0.15, 0.2) is 78.4 Å². The Morgan fingerprint density at radius 1 is 1.00 bits per heavy atom. The van der Waals surface area contributed by atoms with Gasteiger partial charge in [-0.05, 0) is 35.4 Å². The molecule has 6 nitrogen and oxygen atoms in total. The van der Waals surface area contributed by atoms with Crippen molar-refractivity contribution in [3.63, 3.8) is 0 Å². The minimum atomic E-state index is -1.86. The van der Waals surface area contributed by atoms with Crippen molar-refractivity contribution in [3.05, 3.63) is 95.1 Å². The van der Waals surface area contributed by atoms with E-state index in [2.05, 4.69) is 8.75 Å². The van der Waals surface area contributed by atoms with Crippen molar-refractivity contribution in [2.75, 3.05) is 7.11 Å². The van der Waals surface area contributed by atoms with Gasteiger partial charge < -0.3 is 14.6 Å². The Morgan fingerprint density at radius 3 is 2.48 bits per heavy atom. The molecule has 3 aromatic carbocycles. The van der Waals surface area contributed by atoms with Crippen LogP contribution in [0.1, 0.15) is 16.7 Å². The molecule has 1 atom stereocenters. The maximum absolute atomic E-state index is 13.0. The number of hydrogen-bond donors (Lipinski definition) is 1. The highest BCUT2D eigenvalue weighted by atomic mass is 32.1. The zero-order chi connectivity index (χ0) is 21.4. The molecule has 0 saturated heterocycles. The second-order valence-corrected chi connectivity index (χ2v) is 7.77. The molecule has 0 amide bonds. The molecule has 0 radical (unpaired) electrons. The average Bonchev–Trinajstić information content (AvgIpc) is 3.37. The lowest BCUT2D eigenvalue weighted by atomic mass is 9.88. The maximum Gasteiger partial charge on any atom is 0.342 e. The van der Waals surface area contributed by atoms with Crippen molar-refractivity contribution in [1.82, 2.24) is 8.75 Å². The molecule has 0 saturated carbocycles. The minimum absolute atomic E-state index is 0.323. The van der Waals surface area contributed by atoms with Gasteiger partial charge in [-0.25, -0.2) is 4.79 Å². The highest BCUT2D eigenvalue weighted by Crippen LogP contribution is 2.44. The number of rotatable bonds is 5. The average molecular weight is 430 g/mol. The molecule has 1 aliphatic rings. The van der Waals surface area contributed by atoms with Crippen LogP contribution in [-0.4, -0.2) is 26.9 Å². The zero-order valence-electron chi connectivity index (χ0n) is 16.6. The van der Waals surface area contributed by atoms with E-state index in [9.17, 15) is 9.90 Å². The standard InChI is InChI=1S/C24H18N2O4S/c1-29-18-10-7-15(8-11-18)13-19-22(16-9-12-20-21(14-16)26-31-25-20)23(27)30-24(19,28)17-5-3-2-4-6-17/h2-12,14,28H,13H2,1H3. The zero-order valence-corrected chi connectivity index (χ0v) is 17.4. The highest BCUT2D eigenvalue weighted by molar-refractivity contribution is 7.00. The molecule has 5 rings (SSSR count). The molecule has 0 fully saturated rings. The molecule has 2 heterocycles. The molecular formula is C24H18N2O4S. The number of nitrogens with zero attached hydrogens (tertiary/aromatic N) is 2. The predicted molar refractivity (Wildman–Crippen MR) is 117 cm³/mol. The molecule has 31 heavy (non-hydrogen) atoms. The van der Waals surface area contributed by atoms with Gasteiger partial charge in [-0.15, -0.1) is 0 Å². The lowest BCUT2D eigenvalue weighted by molar-refractivity contribution is -0.185. The van der Waals surface area contributed by atoms with Crippen molar-refractivity contribution < 1.29 is 19.4 Å². The van der Waals surface area contributed by atoms with E-state index >= 15 is 0 Å². The van der Waals surface area contributed by atoms with Crippen LogP contribution in [-0.2, 0) is 21.7 Å². The third kappa shape index (κ3) is 3.37. The van der Waals surface area contributed by atoms with E-state index in [0.717, 1.165) is 28.6 Å². The number of aliphatic hydroxyl groups is 1. The van der Waals surface area contributed by atoms with Crippen molar-refractivity contribution in [2.24, 2.45) is 0 Å². The fourth-order valence-electron chi connectivity index (χ4n) is 3.82. The van der Waals surface area contributed by atoms with Gasteiger partial charge in [0.25, 0.3) is 5.79 Å². The Bertz CT molecular complexity index is 1300. The Kier molecular flexibility index (Phi) is 4.77. The molecule has 0 aliphatic carbocycles. The summed E-state index contributed by atoms with van der Waals surface area (Å²) in [6, 6.07) is 21.9. The normalized spacial score (nSPS) is 18.5. The summed E-state index contributed by atoms with van der Waals surface area (Å²) in [5.74, 6) is -1.70. The van der Waals surface area contributed by atoms with Crippen LogP contribution in [0.5, 0.6) is 5.75 Å². The molecule has 7 heteroatoms. The first-order valence-electron chi connectivity index (χ1n) is 9.69. The predicted octanol–water partition coefficient (Wildman–Crippen LogP) is 4.10. The van der Waals surface area contributed by atoms with Crippen molar-refractivity contribution in [3.8, 4) is 5.75 Å². The Hall–Kier alpha value is -3.55. The summed E-state index contributed by atoms with van der Waals surface area (Å²) >= 11 is 1.11. The van der Waals surface area contributed by atoms with E-state index in [1.807, 2.05) is 42.5 Å². The van der Waals surface area contributed by atoms with E-state index in [-0.39, 0.29) is 0 Å². The highest BCUT2D eigenvalue weighted by Gasteiger charge is 2.48. The Balaban J connectivity index is 1.68. The Labute approximate surface area is 182 Å². The van der Waals surface area contributed by atoms with Gasteiger partial charge in [0.15, 0.2) is 0 Å². The molecule has 154 valence electrons. The van der Waals surface area contributed by atoms with Crippen molar-refractivity contribution in [2.45, 2.75) is 12.2 Å². The third-order valence-corrected chi connectivity index (χ3v) is 5.96. The third-order valence-electron chi connectivity index (χ3n) is 5.40. The molecule has 1 aromatic heterocycles. The molecular weight excluding hydrogens is 412 g/mol. The van der Waals surface area contributed by atoms with E-state index in [1.165, 1.54) is 0 Å². The lowest BCUT2D eigenvalue weighted by Gasteiger charge is -2.25. The van der Waals surface area contributed by atoms with Gasteiger partial charge in [-0.3, -0.25) is 0 Å². The topological polar surface area (TPSA) is 81.5 Å². The van der Waals surface area contributed by atoms with Crippen molar-refractivity contribution in [1.29, 1.82) is 0 Å². The second kappa shape index (κ2) is 7.61. The van der Waals surface area contributed by atoms with Gasteiger partial charge in [-0.1, -0.05) is 48.5 Å². The number of benzene rings is 3. The molecule has 0 bridgehead atoms. The number of ether oxygens (including phenoxy) is 2. The van der Waals surface area contributed by atoms with Crippen LogP contribution in [0.2, 0.25) is 0 Å². The number of carbonyl (C=O) groups excluding carboxylic acids is 1. The first-order valence-corrected chi connectivity index (χ1v) is 10.4. The monoisotopic (exact) mass is 430 g/mol. The van der Waals surface area contributed by atoms with Gasteiger partial charge in [0.05, 0.1) is 24.4 Å². The first-order chi connectivity index (χ1) is 15.1. The summed E-state index contributed by atoms with van der Waals surface area (Å²) in [5, 5.41) is 11.6. The van der Waals surface area contributed by atoms with Gasteiger partial charge in [0.1, 0.15) is 16.8 Å². The van der Waals surface area contributed by atoms with Crippen LogP contribution in [0.3, 0.4) is 0 Å². The first kappa shape index (κ1) is 19.4. The van der Waals surface area contributed by atoms with Gasteiger partial charge >= 0.3 is 5.97 Å². The molecule has 1 aliphatic heterocycles.